The Morgan fingerprint density at radius 1 is 1.16 bits per heavy atom. The molecule has 158 valence electrons. The topological polar surface area (TPSA) is 80.0 Å². The van der Waals surface area contributed by atoms with Gasteiger partial charge in [-0.1, -0.05) is 52.4 Å². The number of hydrogen-bond acceptors (Lipinski definition) is 7. The minimum Gasteiger partial charge on any atom is -0.549 e. The Morgan fingerprint density at radius 2 is 1.84 bits per heavy atom. The van der Waals surface area contributed by atoms with Crippen LogP contribution in [0.5, 0.6) is 0 Å². The number of aliphatic carboxylic acids is 1. The summed E-state index contributed by atoms with van der Waals surface area (Å²) < 4.78 is 3.97. The third-order valence-corrected chi connectivity index (χ3v) is 7.28. The molecule has 31 heavy (non-hydrogen) atoms. The molecule has 2 heterocycles. The number of halogens is 1. The van der Waals surface area contributed by atoms with Crippen LogP contribution in [-0.4, -0.2) is 25.8 Å². The number of rotatable bonds is 5. The van der Waals surface area contributed by atoms with E-state index in [1.807, 2.05) is 32.0 Å². The van der Waals surface area contributed by atoms with Crippen LogP contribution in [0.3, 0.4) is 0 Å². The maximum Gasteiger partial charge on any atom is 0.278 e. The zero-order chi connectivity index (χ0) is 22.3. The fourth-order valence-corrected chi connectivity index (χ4v) is 5.21. The van der Waals surface area contributed by atoms with E-state index in [1.165, 1.54) is 15.9 Å². The van der Waals surface area contributed by atoms with E-state index < -0.39 is 5.97 Å². The molecule has 0 aliphatic heterocycles. The zero-order valence-corrected chi connectivity index (χ0v) is 19.6. The van der Waals surface area contributed by atoms with Crippen LogP contribution >= 0.6 is 46.9 Å². The molecule has 0 aliphatic rings. The Labute approximate surface area is 195 Å². The Morgan fingerprint density at radius 3 is 2.48 bits per heavy atom. The highest BCUT2D eigenvalue weighted by Crippen LogP contribution is 2.28. The van der Waals surface area contributed by atoms with E-state index >= 15 is 0 Å². The number of carbonyl (C=O) groups is 1. The smallest absolute Gasteiger partial charge is 0.278 e. The third kappa shape index (κ3) is 4.18. The minimum atomic E-state index is -1.25. The van der Waals surface area contributed by atoms with Crippen molar-refractivity contribution in [3.8, 4) is 11.4 Å². The quantitative estimate of drug-likeness (QED) is 0.239. The number of thioether (sulfide) groups is 1. The summed E-state index contributed by atoms with van der Waals surface area (Å²) in [6.07, 6.45) is 0. The summed E-state index contributed by atoms with van der Waals surface area (Å²) in [5, 5.41) is 12.0. The molecule has 4 aromatic rings. The van der Waals surface area contributed by atoms with E-state index in [0.29, 0.717) is 25.0 Å². The van der Waals surface area contributed by atoms with Crippen molar-refractivity contribution >= 4 is 63.2 Å². The molecule has 10 heteroatoms. The van der Waals surface area contributed by atoms with Crippen molar-refractivity contribution in [2.75, 3.05) is 5.75 Å². The summed E-state index contributed by atoms with van der Waals surface area (Å²) >= 11 is 13.8. The van der Waals surface area contributed by atoms with E-state index in [-0.39, 0.29) is 16.5 Å². The third-order valence-electron chi connectivity index (χ3n) is 4.59. The standard InChI is InChI=1S/C21H16ClN3O3S3/c1-11-3-5-13(6-4-11)25-19(28)17-18(23-20(25)30-10-16(26)27)24(21(29)31-17)14-7-8-15(22)12(2)9-14/h3-9H,10H2,1-2H3,(H,26,27)/p-1. The molecule has 6 nitrogen and oxygen atoms in total. The largest absolute Gasteiger partial charge is 0.549 e. The molecule has 0 radical (unpaired) electrons. The Hall–Kier alpha value is -2.46. The van der Waals surface area contributed by atoms with Gasteiger partial charge in [0.2, 0.25) is 0 Å². The molecule has 0 bridgehead atoms. The average Bonchev–Trinajstić information content (AvgIpc) is 3.06. The lowest BCUT2D eigenvalue weighted by molar-refractivity contribution is -0.301. The number of hydrogen-bond donors (Lipinski definition) is 0. The number of benzene rings is 2. The molecule has 0 saturated heterocycles. The van der Waals surface area contributed by atoms with Gasteiger partial charge >= 0.3 is 0 Å². The van der Waals surface area contributed by atoms with Crippen molar-refractivity contribution in [3.05, 3.63) is 72.9 Å². The number of thiazole rings is 1. The normalized spacial score (nSPS) is 11.2. The molecule has 0 amide bonds. The molecule has 0 aliphatic carbocycles. The van der Waals surface area contributed by atoms with Crippen LogP contribution in [0.4, 0.5) is 0 Å². The van der Waals surface area contributed by atoms with Crippen molar-refractivity contribution < 1.29 is 9.90 Å². The maximum absolute atomic E-state index is 13.5. The van der Waals surface area contributed by atoms with Crippen LogP contribution in [0.15, 0.2) is 52.4 Å². The highest BCUT2D eigenvalue weighted by Gasteiger charge is 2.19. The van der Waals surface area contributed by atoms with Crippen molar-refractivity contribution in [2.24, 2.45) is 0 Å². The van der Waals surface area contributed by atoms with Crippen molar-refractivity contribution in [2.45, 2.75) is 19.0 Å². The van der Waals surface area contributed by atoms with Crippen LogP contribution in [0.25, 0.3) is 21.7 Å². The fraction of sp³-hybridized carbons (Fsp3) is 0.143. The number of carboxylic acids is 1. The van der Waals surface area contributed by atoms with Gasteiger partial charge in [0.1, 0.15) is 4.70 Å². The Balaban J connectivity index is 2.02. The Kier molecular flexibility index (Phi) is 6.02. The first-order valence-electron chi connectivity index (χ1n) is 9.11. The summed E-state index contributed by atoms with van der Waals surface area (Å²) in [4.78, 5) is 29.2. The highest BCUT2D eigenvalue weighted by atomic mass is 35.5. The summed E-state index contributed by atoms with van der Waals surface area (Å²) in [5.74, 6) is -1.58. The average molecular weight is 489 g/mol. The lowest BCUT2D eigenvalue weighted by atomic mass is 10.2. The maximum atomic E-state index is 13.5. The zero-order valence-electron chi connectivity index (χ0n) is 16.4. The predicted octanol–water partition coefficient (Wildman–Crippen LogP) is 4.08. The van der Waals surface area contributed by atoms with Crippen LogP contribution < -0.4 is 10.7 Å². The molecular formula is C21H15ClN3O3S3-. The fourth-order valence-electron chi connectivity index (χ4n) is 3.07. The molecule has 0 spiro atoms. The SMILES string of the molecule is Cc1ccc(-n2c(SCC(=O)[O-])nc3c(sc(=S)n3-c3ccc(Cl)c(C)c3)c2=O)cc1. The van der Waals surface area contributed by atoms with Crippen LogP contribution in [0.2, 0.25) is 5.02 Å². The van der Waals surface area contributed by atoms with Gasteiger partial charge < -0.3 is 9.90 Å². The van der Waals surface area contributed by atoms with Crippen molar-refractivity contribution in [3.63, 3.8) is 0 Å². The molecule has 0 fully saturated rings. The molecule has 4 rings (SSSR count). The summed E-state index contributed by atoms with van der Waals surface area (Å²) in [7, 11) is 0. The van der Waals surface area contributed by atoms with E-state index in [2.05, 4.69) is 4.98 Å². The summed E-state index contributed by atoms with van der Waals surface area (Å²) in [6, 6.07) is 12.8. The molecule has 0 saturated carbocycles. The molecule has 0 atom stereocenters. The minimum absolute atomic E-state index is 0.248. The van der Waals surface area contributed by atoms with Crippen LogP contribution in [0.1, 0.15) is 11.1 Å². The second-order valence-electron chi connectivity index (χ2n) is 6.82. The number of carbonyl (C=O) groups excluding carboxylic acids is 1. The van der Waals surface area contributed by atoms with E-state index in [0.717, 1.165) is 28.6 Å². The number of nitrogens with zero attached hydrogens (tertiary/aromatic N) is 3. The van der Waals surface area contributed by atoms with Crippen molar-refractivity contribution in [1.82, 2.24) is 14.1 Å². The number of fused-ring (bicyclic) bond motifs is 1. The first kappa shape index (κ1) is 21.8. The lowest BCUT2D eigenvalue weighted by Gasteiger charge is -2.13. The summed E-state index contributed by atoms with van der Waals surface area (Å²) in [5.41, 5.74) is 3.30. The van der Waals surface area contributed by atoms with E-state index in [9.17, 15) is 14.7 Å². The molecular weight excluding hydrogens is 474 g/mol. The van der Waals surface area contributed by atoms with Gasteiger partial charge in [-0.15, -0.1) is 0 Å². The number of aryl methyl sites for hydroxylation is 2. The van der Waals surface area contributed by atoms with Crippen LogP contribution in [0, 0.1) is 17.8 Å². The van der Waals surface area contributed by atoms with Gasteiger partial charge in [-0.3, -0.25) is 13.9 Å². The number of carboxylic acid groups (broad SMARTS) is 1. The van der Waals surface area contributed by atoms with Crippen LogP contribution in [-0.2, 0) is 4.79 Å². The molecule has 0 N–H and O–H groups in total. The lowest BCUT2D eigenvalue weighted by Crippen LogP contribution is -2.26. The monoisotopic (exact) mass is 488 g/mol. The second-order valence-corrected chi connectivity index (χ2v) is 9.81. The predicted molar refractivity (Wildman–Crippen MR) is 126 cm³/mol. The van der Waals surface area contributed by atoms with Gasteiger partial charge in [0.25, 0.3) is 5.56 Å². The molecule has 2 aromatic carbocycles. The molecule has 2 aromatic heterocycles. The van der Waals surface area contributed by atoms with Gasteiger partial charge in [0.15, 0.2) is 14.8 Å². The molecule has 0 unspecified atom stereocenters. The Bertz CT molecular complexity index is 1440. The van der Waals surface area contributed by atoms with Gasteiger partial charge in [-0.05, 0) is 62.0 Å². The van der Waals surface area contributed by atoms with Gasteiger partial charge in [-0.25, -0.2) is 4.98 Å². The first-order valence-corrected chi connectivity index (χ1v) is 11.7. The van der Waals surface area contributed by atoms with Crippen molar-refractivity contribution in [1.29, 1.82) is 0 Å². The highest BCUT2D eigenvalue weighted by molar-refractivity contribution is 7.99. The van der Waals surface area contributed by atoms with Gasteiger partial charge in [0.05, 0.1) is 11.7 Å². The second kappa shape index (κ2) is 8.58. The first-order chi connectivity index (χ1) is 14.8. The number of aromatic nitrogens is 3. The van der Waals surface area contributed by atoms with Gasteiger partial charge in [0, 0.05) is 16.5 Å². The van der Waals surface area contributed by atoms with E-state index in [4.69, 9.17) is 23.8 Å². The van der Waals surface area contributed by atoms with Gasteiger partial charge in [-0.2, -0.15) is 0 Å². The summed E-state index contributed by atoms with van der Waals surface area (Å²) in [6.45, 7) is 3.82. The van der Waals surface area contributed by atoms with E-state index in [1.54, 1.807) is 28.8 Å².